The molecular formula is C15H22BrFIN3O. The van der Waals surface area contributed by atoms with E-state index in [2.05, 4.69) is 31.1 Å². The molecule has 1 aliphatic heterocycles. The summed E-state index contributed by atoms with van der Waals surface area (Å²) in [5.74, 6) is 1.08. The van der Waals surface area contributed by atoms with Crippen molar-refractivity contribution >= 4 is 45.9 Å². The number of nitrogens with zero attached hydrogens (tertiary/aromatic N) is 2. The molecule has 124 valence electrons. The minimum Gasteiger partial charge on any atom is -0.381 e. The van der Waals surface area contributed by atoms with Gasteiger partial charge in [0.05, 0.1) is 6.61 Å². The largest absolute Gasteiger partial charge is 0.381 e. The van der Waals surface area contributed by atoms with E-state index in [1.165, 1.54) is 6.07 Å². The van der Waals surface area contributed by atoms with Gasteiger partial charge in [0.25, 0.3) is 0 Å². The third kappa shape index (κ3) is 5.66. The Labute approximate surface area is 156 Å². The lowest BCUT2D eigenvalue weighted by molar-refractivity contribution is 0.181. The SMILES string of the molecule is CN=C(NCc1ccc(Br)cc1F)N(C)CC1CCOC1.I. The van der Waals surface area contributed by atoms with Gasteiger partial charge in [-0.1, -0.05) is 22.0 Å². The average molecular weight is 486 g/mol. The number of benzene rings is 1. The van der Waals surface area contributed by atoms with Crippen LogP contribution in [0.15, 0.2) is 27.7 Å². The summed E-state index contributed by atoms with van der Waals surface area (Å²) in [5.41, 5.74) is 0.622. The predicted molar refractivity (Wildman–Crippen MR) is 101 cm³/mol. The molecular weight excluding hydrogens is 464 g/mol. The van der Waals surface area contributed by atoms with Gasteiger partial charge >= 0.3 is 0 Å². The zero-order chi connectivity index (χ0) is 15.2. The number of rotatable bonds is 4. The summed E-state index contributed by atoms with van der Waals surface area (Å²) in [4.78, 5) is 6.32. The van der Waals surface area contributed by atoms with Gasteiger partial charge in [-0.15, -0.1) is 24.0 Å². The lowest BCUT2D eigenvalue weighted by Gasteiger charge is -2.24. The van der Waals surface area contributed by atoms with Crippen LogP contribution in [0.3, 0.4) is 0 Å². The van der Waals surface area contributed by atoms with Crippen LogP contribution in [-0.4, -0.2) is 44.7 Å². The van der Waals surface area contributed by atoms with Gasteiger partial charge in [0.1, 0.15) is 5.82 Å². The van der Waals surface area contributed by atoms with Gasteiger partial charge in [-0.05, 0) is 18.6 Å². The molecule has 1 atom stereocenters. The average Bonchev–Trinajstić information content (AvgIpc) is 2.94. The normalized spacial score (nSPS) is 18.0. The zero-order valence-electron chi connectivity index (χ0n) is 12.8. The van der Waals surface area contributed by atoms with Gasteiger partial charge in [0, 0.05) is 49.7 Å². The first-order valence-corrected chi connectivity index (χ1v) is 7.83. The fraction of sp³-hybridized carbons (Fsp3) is 0.533. The van der Waals surface area contributed by atoms with Crippen molar-refractivity contribution in [2.24, 2.45) is 10.9 Å². The van der Waals surface area contributed by atoms with Crippen molar-refractivity contribution in [3.8, 4) is 0 Å². The molecule has 1 saturated heterocycles. The van der Waals surface area contributed by atoms with E-state index in [-0.39, 0.29) is 29.8 Å². The minimum atomic E-state index is -0.223. The predicted octanol–water partition coefficient (Wildman–Crippen LogP) is 3.25. The fourth-order valence-corrected chi connectivity index (χ4v) is 2.76. The molecule has 1 unspecified atom stereocenters. The van der Waals surface area contributed by atoms with E-state index in [0.29, 0.717) is 18.0 Å². The Morgan fingerprint density at radius 1 is 1.55 bits per heavy atom. The van der Waals surface area contributed by atoms with Crippen LogP contribution in [0.1, 0.15) is 12.0 Å². The molecule has 0 aromatic heterocycles. The molecule has 0 aliphatic carbocycles. The summed E-state index contributed by atoms with van der Waals surface area (Å²) >= 11 is 3.26. The topological polar surface area (TPSA) is 36.9 Å². The summed E-state index contributed by atoms with van der Waals surface area (Å²) in [7, 11) is 3.73. The molecule has 0 saturated carbocycles. The van der Waals surface area contributed by atoms with Crippen LogP contribution >= 0.6 is 39.9 Å². The molecule has 0 radical (unpaired) electrons. The monoisotopic (exact) mass is 485 g/mol. The summed E-state index contributed by atoms with van der Waals surface area (Å²) < 4.78 is 19.9. The standard InChI is InChI=1S/C15H21BrFN3O.HI/c1-18-15(20(2)9-11-5-6-21-10-11)19-8-12-3-4-13(16)7-14(12)17;/h3-4,7,11H,5-6,8-10H2,1-2H3,(H,18,19);1H. The van der Waals surface area contributed by atoms with Gasteiger partial charge in [-0.2, -0.15) is 0 Å². The van der Waals surface area contributed by atoms with Crippen molar-refractivity contribution in [1.29, 1.82) is 0 Å². The summed E-state index contributed by atoms with van der Waals surface area (Å²) in [6, 6.07) is 5.08. The molecule has 2 rings (SSSR count). The Bertz CT molecular complexity index is 510. The third-order valence-corrected chi connectivity index (χ3v) is 4.07. The number of guanidine groups is 1. The second kappa shape index (κ2) is 9.67. The Morgan fingerprint density at radius 3 is 2.91 bits per heavy atom. The molecule has 0 spiro atoms. The van der Waals surface area contributed by atoms with Crippen molar-refractivity contribution in [2.45, 2.75) is 13.0 Å². The van der Waals surface area contributed by atoms with Crippen LogP contribution in [-0.2, 0) is 11.3 Å². The molecule has 4 nitrogen and oxygen atoms in total. The van der Waals surface area contributed by atoms with E-state index in [0.717, 1.165) is 36.6 Å². The number of hydrogen-bond donors (Lipinski definition) is 1. The van der Waals surface area contributed by atoms with E-state index in [4.69, 9.17) is 4.74 Å². The van der Waals surface area contributed by atoms with Crippen molar-refractivity contribution in [3.63, 3.8) is 0 Å². The third-order valence-electron chi connectivity index (χ3n) is 3.58. The zero-order valence-corrected chi connectivity index (χ0v) is 16.7. The van der Waals surface area contributed by atoms with Crippen LogP contribution < -0.4 is 5.32 Å². The van der Waals surface area contributed by atoms with Crippen molar-refractivity contribution in [3.05, 3.63) is 34.1 Å². The van der Waals surface area contributed by atoms with Crippen LogP contribution in [0.5, 0.6) is 0 Å². The highest BCUT2D eigenvalue weighted by Gasteiger charge is 2.19. The maximum atomic E-state index is 13.8. The number of hydrogen-bond acceptors (Lipinski definition) is 2. The Kier molecular flexibility index (Phi) is 8.63. The van der Waals surface area contributed by atoms with Gasteiger partial charge in [-0.25, -0.2) is 4.39 Å². The van der Waals surface area contributed by atoms with Crippen LogP contribution in [0.4, 0.5) is 4.39 Å². The lowest BCUT2D eigenvalue weighted by Crippen LogP contribution is -2.41. The number of nitrogens with one attached hydrogen (secondary N) is 1. The maximum Gasteiger partial charge on any atom is 0.193 e. The fourth-order valence-electron chi connectivity index (χ4n) is 2.43. The second-order valence-electron chi connectivity index (χ2n) is 5.25. The first-order chi connectivity index (χ1) is 10.1. The van der Waals surface area contributed by atoms with Gasteiger partial charge in [-0.3, -0.25) is 4.99 Å². The second-order valence-corrected chi connectivity index (χ2v) is 6.16. The number of halogens is 3. The van der Waals surface area contributed by atoms with E-state index in [1.807, 2.05) is 13.1 Å². The Morgan fingerprint density at radius 2 is 2.32 bits per heavy atom. The summed E-state index contributed by atoms with van der Waals surface area (Å²) in [5, 5.41) is 3.20. The summed E-state index contributed by atoms with van der Waals surface area (Å²) in [6.45, 7) is 2.96. The van der Waals surface area contributed by atoms with E-state index >= 15 is 0 Å². The molecule has 0 amide bonds. The summed E-state index contributed by atoms with van der Waals surface area (Å²) in [6.07, 6.45) is 1.09. The van der Waals surface area contributed by atoms with Crippen LogP contribution in [0.25, 0.3) is 0 Å². The van der Waals surface area contributed by atoms with E-state index in [1.54, 1.807) is 13.1 Å². The van der Waals surface area contributed by atoms with Crippen molar-refractivity contribution in [2.75, 3.05) is 33.9 Å². The molecule has 1 aliphatic rings. The van der Waals surface area contributed by atoms with Crippen molar-refractivity contribution in [1.82, 2.24) is 10.2 Å². The van der Waals surface area contributed by atoms with Crippen molar-refractivity contribution < 1.29 is 9.13 Å². The van der Waals surface area contributed by atoms with Gasteiger partial charge < -0.3 is 15.0 Å². The highest BCUT2D eigenvalue weighted by atomic mass is 127. The van der Waals surface area contributed by atoms with Gasteiger partial charge in [0.15, 0.2) is 5.96 Å². The smallest absolute Gasteiger partial charge is 0.193 e. The molecule has 1 aromatic rings. The Balaban J connectivity index is 0.00000242. The highest BCUT2D eigenvalue weighted by Crippen LogP contribution is 2.16. The maximum absolute atomic E-state index is 13.8. The molecule has 1 heterocycles. The quantitative estimate of drug-likeness (QED) is 0.404. The molecule has 1 fully saturated rings. The molecule has 22 heavy (non-hydrogen) atoms. The first-order valence-electron chi connectivity index (χ1n) is 7.03. The van der Waals surface area contributed by atoms with Crippen LogP contribution in [0.2, 0.25) is 0 Å². The first kappa shape index (κ1) is 19.6. The van der Waals surface area contributed by atoms with E-state index in [9.17, 15) is 4.39 Å². The highest BCUT2D eigenvalue weighted by molar-refractivity contribution is 14.0. The van der Waals surface area contributed by atoms with E-state index < -0.39 is 0 Å². The minimum absolute atomic E-state index is 0. The Hall–Kier alpha value is -0.410. The van der Waals surface area contributed by atoms with Crippen LogP contribution in [0, 0.1) is 11.7 Å². The molecule has 1 aromatic carbocycles. The molecule has 0 bridgehead atoms. The molecule has 7 heteroatoms. The molecule has 1 N–H and O–H groups in total. The number of aliphatic imine (C=N–C) groups is 1. The van der Waals surface area contributed by atoms with Gasteiger partial charge in [0.2, 0.25) is 0 Å². The lowest BCUT2D eigenvalue weighted by atomic mass is 10.1. The number of ether oxygens (including phenoxy) is 1.